The summed E-state index contributed by atoms with van der Waals surface area (Å²) in [4.78, 5) is 33.5. The Labute approximate surface area is 157 Å². The Morgan fingerprint density at radius 3 is 2.54 bits per heavy atom. The molecule has 0 N–H and O–H groups in total. The average Bonchev–Trinajstić information content (AvgIpc) is 2.60. The van der Waals surface area contributed by atoms with E-state index >= 15 is 0 Å². The van der Waals surface area contributed by atoms with Crippen molar-refractivity contribution in [1.82, 2.24) is 9.88 Å². The molecule has 0 saturated carbocycles. The molecular formula is C21H33N3O2. The highest BCUT2D eigenvalue weighted by Crippen LogP contribution is 2.22. The number of ketones is 1. The number of hydrogen-bond acceptors (Lipinski definition) is 4. The summed E-state index contributed by atoms with van der Waals surface area (Å²) in [5.74, 6) is 2.06. The van der Waals surface area contributed by atoms with E-state index in [1.165, 1.54) is 0 Å². The van der Waals surface area contributed by atoms with Gasteiger partial charge in [0.1, 0.15) is 11.6 Å². The summed E-state index contributed by atoms with van der Waals surface area (Å²) < 4.78 is 0. The standard InChI is InChI=1S/C21H33N3O2/c1-15(2)11-19(25)18-7-6-10-24(14-18)21(26)17-8-9-20(22-12-17)23(5)13-16(3)4/h8-9,12,15-16,18H,6-7,10-11,13-14H2,1-5H3/t18-/m1/s1. The van der Waals surface area contributed by atoms with Crippen LogP contribution in [0.1, 0.15) is 57.3 Å². The van der Waals surface area contributed by atoms with Crippen molar-refractivity contribution in [2.45, 2.75) is 47.0 Å². The zero-order valence-electron chi connectivity index (χ0n) is 16.9. The van der Waals surface area contributed by atoms with Gasteiger partial charge in [-0.15, -0.1) is 0 Å². The first kappa shape index (κ1) is 20.4. The molecule has 26 heavy (non-hydrogen) atoms. The molecule has 0 bridgehead atoms. The third-order valence-corrected chi connectivity index (χ3v) is 4.80. The number of anilines is 1. The smallest absolute Gasteiger partial charge is 0.255 e. The van der Waals surface area contributed by atoms with Crippen LogP contribution in [0.5, 0.6) is 0 Å². The van der Waals surface area contributed by atoms with Crippen molar-refractivity contribution in [2.75, 3.05) is 31.6 Å². The Morgan fingerprint density at radius 1 is 1.23 bits per heavy atom. The van der Waals surface area contributed by atoms with Gasteiger partial charge in [0.05, 0.1) is 5.56 Å². The molecule has 1 fully saturated rings. The number of aromatic nitrogens is 1. The van der Waals surface area contributed by atoms with Crippen LogP contribution in [0.3, 0.4) is 0 Å². The number of likely N-dealkylation sites (tertiary alicyclic amines) is 1. The minimum atomic E-state index is -0.0161. The Morgan fingerprint density at radius 2 is 1.96 bits per heavy atom. The molecule has 1 aliphatic heterocycles. The van der Waals surface area contributed by atoms with Gasteiger partial charge in [0.2, 0.25) is 0 Å². The molecule has 5 heteroatoms. The van der Waals surface area contributed by atoms with Gasteiger partial charge < -0.3 is 9.80 Å². The molecule has 0 radical (unpaired) electrons. The Kier molecular flexibility index (Phi) is 7.18. The van der Waals surface area contributed by atoms with Gasteiger partial charge in [-0.25, -0.2) is 4.98 Å². The van der Waals surface area contributed by atoms with E-state index in [9.17, 15) is 9.59 Å². The molecule has 2 heterocycles. The number of rotatable bonds is 7. The predicted molar refractivity (Wildman–Crippen MR) is 105 cm³/mol. The van der Waals surface area contributed by atoms with Crippen molar-refractivity contribution in [3.63, 3.8) is 0 Å². The SMILES string of the molecule is CC(C)CC(=O)[C@@H]1CCCN(C(=O)c2ccc(N(C)CC(C)C)nc2)C1. The highest BCUT2D eigenvalue weighted by molar-refractivity contribution is 5.94. The van der Waals surface area contributed by atoms with E-state index in [1.807, 2.05) is 24.1 Å². The first-order valence-corrected chi connectivity index (χ1v) is 9.77. The fourth-order valence-corrected chi connectivity index (χ4v) is 3.56. The minimum absolute atomic E-state index is 0.0143. The van der Waals surface area contributed by atoms with E-state index in [-0.39, 0.29) is 11.8 Å². The van der Waals surface area contributed by atoms with E-state index in [0.717, 1.165) is 31.7 Å². The van der Waals surface area contributed by atoms with Gasteiger partial charge in [-0.05, 0) is 36.8 Å². The van der Waals surface area contributed by atoms with Crippen LogP contribution in [0.15, 0.2) is 18.3 Å². The maximum atomic E-state index is 12.8. The predicted octanol–water partition coefficient (Wildman–Crippen LogP) is 3.64. The second-order valence-corrected chi connectivity index (χ2v) is 8.33. The summed E-state index contributed by atoms with van der Waals surface area (Å²) in [6.07, 6.45) is 4.05. The largest absolute Gasteiger partial charge is 0.359 e. The van der Waals surface area contributed by atoms with E-state index in [1.54, 1.807) is 6.20 Å². The van der Waals surface area contributed by atoms with E-state index in [4.69, 9.17) is 0 Å². The molecule has 0 unspecified atom stereocenters. The number of carbonyl (C=O) groups excluding carboxylic acids is 2. The lowest BCUT2D eigenvalue weighted by Crippen LogP contribution is -2.42. The first-order chi connectivity index (χ1) is 12.3. The summed E-state index contributed by atoms with van der Waals surface area (Å²) in [7, 11) is 2.01. The number of hydrogen-bond donors (Lipinski definition) is 0. The highest BCUT2D eigenvalue weighted by atomic mass is 16.2. The van der Waals surface area contributed by atoms with Crippen LogP contribution in [0, 0.1) is 17.8 Å². The fraction of sp³-hybridized carbons (Fsp3) is 0.667. The Balaban J connectivity index is 2.00. The number of pyridine rings is 1. The number of piperidine rings is 1. The third kappa shape index (κ3) is 5.55. The molecule has 0 spiro atoms. The summed E-state index contributed by atoms with van der Waals surface area (Å²) in [6.45, 7) is 10.6. The van der Waals surface area contributed by atoms with E-state index in [2.05, 4.69) is 37.6 Å². The van der Waals surface area contributed by atoms with Gasteiger partial charge >= 0.3 is 0 Å². The molecule has 144 valence electrons. The van der Waals surface area contributed by atoms with Crippen molar-refractivity contribution < 1.29 is 9.59 Å². The lowest BCUT2D eigenvalue weighted by molar-refractivity contribution is -0.124. The molecule has 1 amide bonds. The van der Waals surface area contributed by atoms with Gasteiger partial charge in [0.15, 0.2) is 0 Å². The van der Waals surface area contributed by atoms with Gasteiger partial charge in [0, 0.05) is 45.2 Å². The molecule has 1 saturated heterocycles. The van der Waals surface area contributed by atoms with E-state index in [0.29, 0.717) is 36.1 Å². The number of carbonyl (C=O) groups is 2. The molecule has 1 aliphatic rings. The second kappa shape index (κ2) is 9.15. The summed E-state index contributed by atoms with van der Waals surface area (Å²) >= 11 is 0. The monoisotopic (exact) mass is 359 g/mol. The average molecular weight is 360 g/mol. The number of nitrogens with zero attached hydrogens (tertiary/aromatic N) is 3. The zero-order chi connectivity index (χ0) is 19.3. The fourth-order valence-electron chi connectivity index (χ4n) is 3.56. The van der Waals surface area contributed by atoms with E-state index < -0.39 is 0 Å². The van der Waals surface area contributed by atoms with Crippen LogP contribution < -0.4 is 4.90 Å². The van der Waals surface area contributed by atoms with Gasteiger partial charge in [-0.1, -0.05) is 27.7 Å². The maximum Gasteiger partial charge on any atom is 0.255 e. The minimum Gasteiger partial charge on any atom is -0.359 e. The van der Waals surface area contributed by atoms with Crippen molar-refractivity contribution in [1.29, 1.82) is 0 Å². The number of Topliss-reactive ketones (excluding diaryl/α,β-unsaturated/α-hetero) is 1. The Bertz CT molecular complexity index is 610. The lowest BCUT2D eigenvalue weighted by Gasteiger charge is -2.32. The van der Waals surface area contributed by atoms with Crippen molar-refractivity contribution >= 4 is 17.5 Å². The van der Waals surface area contributed by atoms with Crippen LogP contribution in [0.4, 0.5) is 5.82 Å². The molecule has 0 aromatic carbocycles. The van der Waals surface area contributed by atoms with Crippen molar-refractivity contribution in [2.24, 2.45) is 17.8 Å². The van der Waals surface area contributed by atoms with Crippen LogP contribution in [-0.4, -0.2) is 48.3 Å². The third-order valence-electron chi connectivity index (χ3n) is 4.80. The van der Waals surface area contributed by atoms with Crippen molar-refractivity contribution in [3.8, 4) is 0 Å². The molecule has 2 rings (SSSR count). The molecular weight excluding hydrogens is 326 g/mol. The van der Waals surface area contributed by atoms with Gasteiger partial charge in [0.25, 0.3) is 5.91 Å². The van der Waals surface area contributed by atoms with Crippen LogP contribution in [0.25, 0.3) is 0 Å². The van der Waals surface area contributed by atoms with Crippen LogP contribution in [0.2, 0.25) is 0 Å². The molecule has 1 aromatic heterocycles. The van der Waals surface area contributed by atoms with Crippen LogP contribution in [-0.2, 0) is 4.79 Å². The second-order valence-electron chi connectivity index (χ2n) is 8.33. The number of amides is 1. The van der Waals surface area contributed by atoms with Gasteiger partial charge in [-0.2, -0.15) is 0 Å². The summed E-state index contributed by atoms with van der Waals surface area (Å²) in [5, 5.41) is 0. The summed E-state index contributed by atoms with van der Waals surface area (Å²) in [6, 6.07) is 3.75. The Hall–Kier alpha value is -1.91. The zero-order valence-corrected chi connectivity index (χ0v) is 16.9. The lowest BCUT2D eigenvalue weighted by atomic mass is 9.89. The molecule has 5 nitrogen and oxygen atoms in total. The maximum absolute atomic E-state index is 12.8. The first-order valence-electron chi connectivity index (χ1n) is 9.77. The molecule has 1 aromatic rings. The summed E-state index contributed by atoms with van der Waals surface area (Å²) in [5.41, 5.74) is 0.601. The van der Waals surface area contributed by atoms with Crippen molar-refractivity contribution in [3.05, 3.63) is 23.9 Å². The highest BCUT2D eigenvalue weighted by Gasteiger charge is 2.29. The normalized spacial score (nSPS) is 17.7. The topological polar surface area (TPSA) is 53.5 Å². The van der Waals surface area contributed by atoms with Gasteiger partial charge in [-0.3, -0.25) is 9.59 Å². The van der Waals surface area contributed by atoms with Crippen LogP contribution >= 0.6 is 0 Å². The molecule has 1 atom stereocenters. The molecule has 0 aliphatic carbocycles. The quantitative estimate of drug-likeness (QED) is 0.746.